The molecular weight excluding hydrogens is 253 g/mol. The minimum absolute atomic E-state index is 0.254. The summed E-state index contributed by atoms with van der Waals surface area (Å²) in [6.07, 6.45) is 7.97. The molecule has 0 aromatic carbocycles. The molecule has 0 bridgehead atoms. The third-order valence-electron chi connectivity index (χ3n) is 4.52. The van der Waals surface area contributed by atoms with E-state index in [9.17, 15) is 4.39 Å². The van der Waals surface area contributed by atoms with Gasteiger partial charge >= 0.3 is 0 Å². The Kier molecular flexibility index (Phi) is 4.51. The summed E-state index contributed by atoms with van der Waals surface area (Å²) in [6, 6.07) is 3.31. The summed E-state index contributed by atoms with van der Waals surface area (Å²) in [4.78, 5) is 9.16. The summed E-state index contributed by atoms with van der Waals surface area (Å²) >= 11 is 0. The maximum absolute atomic E-state index is 13.0. The Labute approximate surface area is 120 Å². The molecule has 3 heterocycles. The van der Waals surface area contributed by atoms with Crippen LogP contribution < -0.4 is 4.90 Å². The van der Waals surface area contributed by atoms with E-state index in [0.717, 1.165) is 24.8 Å². The molecule has 2 aliphatic heterocycles. The quantitative estimate of drug-likeness (QED) is 0.847. The number of piperidine rings is 2. The number of anilines is 1. The largest absolute Gasteiger partial charge is 0.356 e. The van der Waals surface area contributed by atoms with Gasteiger partial charge in [0, 0.05) is 19.6 Å². The second-order valence-corrected chi connectivity index (χ2v) is 6.15. The first-order valence-electron chi connectivity index (χ1n) is 7.90. The van der Waals surface area contributed by atoms with E-state index in [-0.39, 0.29) is 5.82 Å². The van der Waals surface area contributed by atoms with Gasteiger partial charge in [0.15, 0.2) is 0 Å². The Bertz CT molecular complexity index is 414. The first kappa shape index (κ1) is 13.8. The van der Waals surface area contributed by atoms with Crippen LogP contribution in [0, 0.1) is 11.7 Å². The van der Waals surface area contributed by atoms with Gasteiger partial charge in [0.05, 0.1) is 6.20 Å². The first-order valence-corrected chi connectivity index (χ1v) is 7.90. The molecule has 0 amide bonds. The van der Waals surface area contributed by atoms with E-state index in [0.29, 0.717) is 0 Å². The maximum atomic E-state index is 13.0. The smallest absolute Gasteiger partial charge is 0.141 e. The van der Waals surface area contributed by atoms with Gasteiger partial charge in [-0.05, 0) is 56.8 Å². The minimum atomic E-state index is -0.254. The number of rotatable bonds is 3. The van der Waals surface area contributed by atoms with Crippen molar-refractivity contribution in [2.45, 2.75) is 32.1 Å². The molecule has 2 fully saturated rings. The van der Waals surface area contributed by atoms with Crippen molar-refractivity contribution in [3.8, 4) is 0 Å². The topological polar surface area (TPSA) is 19.4 Å². The van der Waals surface area contributed by atoms with E-state index < -0.39 is 0 Å². The Morgan fingerprint density at radius 3 is 2.70 bits per heavy atom. The third-order valence-corrected chi connectivity index (χ3v) is 4.52. The van der Waals surface area contributed by atoms with Crippen molar-refractivity contribution in [2.24, 2.45) is 5.92 Å². The number of likely N-dealkylation sites (tertiary alicyclic amines) is 1. The second-order valence-electron chi connectivity index (χ2n) is 6.15. The zero-order valence-electron chi connectivity index (χ0n) is 12.1. The average Bonchev–Trinajstić information content (AvgIpc) is 2.49. The first-order chi connectivity index (χ1) is 9.81. The van der Waals surface area contributed by atoms with Crippen molar-refractivity contribution in [3.63, 3.8) is 0 Å². The molecule has 2 aliphatic rings. The van der Waals surface area contributed by atoms with Crippen LogP contribution in [-0.2, 0) is 0 Å². The van der Waals surface area contributed by atoms with E-state index in [1.165, 1.54) is 64.0 Å². The van der Waals surface area contributed by atoms with Crippen molar-refractivity contribution < 1.29 is 4.39 Å². The monoisotopic (exact) mass is 277 g/mol. The normalized spacial score (nSPS) is 24.9. The van der Waals surface area contributed by atoms with Crippen LogP contribution in [-0.4, -0.2) is 42.6 Å². The minimum Gasteiger partial charge on any atom is -0.356 e. The van der Waals surface area contributed by atoms with Crippen molar-refractivity contribution in [2.75, 3.05) is 37.6 Å². The predicted octanol–water partition coefficient (Wildman–Crippen LogP) is 2.92. The number of hydrogen-bond acceptors (Lipinski definition) is 3. The molecule has 4 heteroatoms. The van der Waals surface area contributed by atoms with Crippen LogP contribution in [0.15, 0.2) is 18.3 Å². The van der Waals surface area contributed by atoms with Gasteiger partial charge in [0.25, 0.3) is 0 Å². The Morgan fingerprint density at radius 2 is 1.95 bits per heavy atom. The average molecular weight is 277 g/mol. The summed E-state index contributed by atoms with van der Waals surface area (Å²) < 4.78 is 13.0. The number of nitrogens with zero attached hydrogens (tertiary/aromatic N) is 3. The molecule has 1 atom stereocenters. The number of pyridine rings is 1. The van der Waals surface area contributed by atoms with Gasteiger partial charge in [-0.2, -0.15) is 0 Å². The van der Waals surface area contributed by atoms with E-state index >= 15 is 0 Å². The Balaban J connectivity index is 1.57. The molecule has 3 nitrogen and oxygen atoms in total. The fourth-order valence-corrected chi connectivity index (χ4v) is 3.48. The maximum Gasteiger partial charge on any atom is 0.141 e. The summed E-state index contributed by atoms with van der Waals surface area (Å²) in [7, 11) is 0. The van der Waals surface area contributed by atoms with Gasteiger partial charge in [0.2, 0.25) is 0 Å². The molecule has 0 saturated carbocycles. The molecular formula is C16H24FN3. The predicted molar refractivity (Wildman–Crippen MR) is 79.4 cm³/mol. The molecule has 3 rings (SSSR count). The molecule has 1 aromatic rings. The standard InChI is InChI=1S/C16H24FN3/c17-15-6-7-16(18-11-15)20-10-4-5-14(13-20)12-19-8-2-1-3-9-19/h6-7,11,14H,1-5,8-10,12-13H2/t14-/m0/s1. The molecule has 2 saturated heterocycles. The highest BCUT2D eigenvalue weighted by atomic mass is 19.1. The van der Waals surface area contributed by atoms with Crippen molar-refractivity contribution in [3.05, 3.63) is 24.1 Å². The lowest BCUT2D eigenvalue weighted by Gasteiger charge is -2.37. The lowest BCUT2D eigenvalue weighted by atomic mass is 9.96. The van der Waals surface area contributed by atoms with E-state index in [4.69, 9.17) is 0 Å². The van der Waals surface area contributed by atoms with Crippen LogP contribution in [0.25, 0.3) is 0 Å². The zero-order chi connectivity index (χ0) is 13.8. The number of aromatic nitrogens is 1. The van der Waals surface area contributed by atoms with E-state index in [1.54, 1.807) is 6.07 Å². The fraction of sp³-hybridized carbons (Fsp3) is 0.688. The highest BCUT2D eigenvalue weighted by molar-refractivity contribution is 5.38. The molecule has 1 aromatic heterocycles. The summed E-state index contributed by atoms with van der Waals surface area (Å²) in [5.74, 6) is 1.40. The van der Waals surface area contributed by atoms with Crippen LogP contribution in [0.4, 0.5) is 10.2 Å². The van der Waals surface area contributed by atoms with Crippen molar-refractivity contribution in [1.82, 2.24) is 9.88 Å². The Hall–Kier alpha value is -1.16. The number of hydrogen-bond donors (Lipinski definition) is 0. The molecule has 0 radical (unpaired) electrons. The van der Waals surface area contributed by atoms with E-state index in [1.807, 2.05) is 0 Å². The molecule has 0 spiro atoms. The van der Waals surface area contributed by atoms with Crippen LogP contribution in [0.2, 0.25) is 0 Å². The van der Waals surface area contributed by atoms with Gasteiger partial charge in [-0.1, -0.05) is 6.42 Å². The van der Waals surface area contributed by atoms with Crippen LogP contribution in [0.1, 0.15) is 32.1 Å². The SMILES string of the molecule is Fc1ccc(N2CCC[C@@H](CN3CCCCC3)C2)nc1. The van der Waals surface area contributed by atoms with Crippen LogP contribution in [0.3, 0.4) is 0 Å². The van der Waals surface area contributed by atoms with Crippen LogP contribution in [0.5, 0.6) is 0 Å². The van der Waals surface area contributed by atoms with Gasteiger partial charge < -0.3 is 9.80 Å². The van der Waals surface area contributed by atoms with Gasteiger partial charge in [-0.25, -0.2) is 9.37 Å². The summed E-state index contributed by atoms with van der Waals surface area (Å²) in [5, 5.41) is 0. The van der Waals surface area contributed by atoms with Gasteiger partial charge in [0.1, 0.15) is 11.6 Å². The lowest BCUT2D eigenvalue weighted by Crippen LogP contribution is -2.42. The molecule has 0 unspecified atom stereocenters. The summed E-state index contributed by atoms with van der Waals surface area (Å²) in [5.41, 5.74) is 0. The van der Waals surface area contributed by atoms with Gasteiger partial charge in [-0.15, -0.1) is 0 Å². The zero-order valence-corrected chi connectivity index (χ0v) is 12.1. The number of halogens is 1. The third kappa shape index (κ3) is 3.48. The van der Waals surface area contributed by atoms with E-state index in [2.05, 4.69) is 14.8 Å². The second kappa shape index (κ2) is 6.53. The van der Waals surface area contributed by atoms with Crippen molar-refractivity contribution >= 4 is 5.82 Å². The molecule has 20 heavy (non-hydrogen) atoms. The Morgan fingerprint density at radius 1 is 1.10 bits per heavy atom. The highest BCUT2D eigenvalue weighted by Gasteiger charge is 2.23. The lowest BCUT2D eigenvalue weighted by molar-refractivity contribution is 0.185. The van der Waals surface area contributed by atoms with Crippen molar-refractivity contribution in [1.29, 1.82) is 0 Å². The molecule has 110 valence electrons. The fourth-order valence-electron chi connectivity index (χ4n) is 3.48. The molecule has 0 aliphatic carbocycles. The van der Waals surface area contributed by atoms with Gasteiger partial charge in [-0.3, -0.25) is 0 Å². The van der Waals surface area contributed by atoms with Crippen LogP contribution >= 0.6 is 0 Å². The summed E-state index contributed by atoms with van der Waals surface area (Å²) in [6.45, 7) is 5.87. The molecule has 0 N–H and O–H groups in total. The highest BCUT2D eigenvalue weighted by Crippen LogP contribution is 2.23.